The lowest BCUT2D eigenvalue weighted by atomic mass is 10.1. The number of carbonyl (C=O) groups excluding carboxylic acids is 1. The second-order valence-electron chi connectivity index (χ2n) is 4.07. The topological polar surface area (TPSA) is 75.3 Å². The molecule has 0 spiro atoms. The number of hydrogen-bond acceptors (Lipinski definition) is 4. The van der Waals surface area contributed by atoms with Crippen LogP contribution in [0.5, 0.6) is 0 Å². The number of aliphatic hydroxyl groups excluding tert-OH is 1. The van der Waals surface area contributed by atoms with Crippen molar-refractivity contribution in [1.82, 2.24) is 5.32 Å². The number of nitrogen functional groups attached to an aromatic ring is 1. The second kappa shape index (κ2) is 7.24. The SMILES string of the molecule is CSC(CO)C(C)NC(=O)c1cc(Cl)c(N)c(Cl)c1. The Balaban J connectivity index is 2.84. The van der Waals surface area contributed by atoms with Crippen LogP contribution in [0.4, 0.5) is 5.69 Å². The van der Waals surface area contributed by atoms with E-state index in [2.05, 4.69) is 5.32 Å². The average Bonchev–Trinajstić information content (AvgIpc) is 2.36. The lowest BCUT2D eigenvalue weighted by Crippen LogP contribution is -2.41. The largest absolute Gasteiger partial charge is 0.396 e. The van der Waals surface area contributed by atoms with E-state index in [4.69, 9.17) is 28.9 Å². The van der Waals surface area contributed by atoms with Crippen molar-refractivity contribution in [3.63, 3.8) is 0 Å². The fourth-order valence-electron chi connectivity index (χ4n) is 1.54. The van der Waals surface area contributed by atoms with Gasteiger partial charge in [-0.25, -0.2) is 0 Å². The number of aliphatic hydroxyl groups is 1. The molecular weight excluding hydrogens is 307 g/mol. The summed E-state index contributed by atoms with van der Waals surface area (Å²) >= 11 is 13.3. The zero-order valence-corrected chi connectivity index (χ0v) is 12.9. The van der Waals surface area contributed by atoms with Crippen molar-refractivity contribution in [2.24, 2.45) is 0 Å². The predicted octanol–water partition coefficient (Wildman–Crippen LogP) is 2.42. The highest BCUT2D eigenvalue weighted by molar-refractivity contribution is 7.99. The lowest BCUT2D eigenvalue weighted by Gasteiger charge is -2.21. The van der Waals surface area contributed by atoms with E-state index >= 15 is 0 Å². The molecule has 0 radical (unpaired) electrons. The molecule has 19 heavy (non-hydrogen) atoms. The second-order valence-corrected chi connectivity index (χ2v) is 5.96. The van der Waals surface area contributed by atoms with Crippen LogP contribution in [0.25, 0.3) is 0 Å². The fourth-order valence-corrected chi connectivity index (χ4v) is 2.65. The van der Waals surface area contributed by atoms with Crippen LogP contribution in [0.15, 0.2) is 12.1 Å². The molecule has 0 saturated carbocycles. The van der Waals surface area contributed by atoms with Gasteiger partial charge in [-0.2, -0.15) is 11.8 Å². The molecule has 0 aliphatic heterocycles. The monoisotopic (exact) mass is 322 g/mol. The van der Waals surface area contributed by atoms with E-state index in [0.717, 1.165) is 0 Å². The standard InChI is InChI=1S/C12H16Cl2N2O2S/c1-6(10(5-17)19-2)16-12(18)7-3-8(13)11(15)9(14)4-7/h3-4,6,10,17H,5,15H2,1-2H3,(H,16,18). The normalized spacial score (nSPS) is 13.9. The third kappa shape index (κ3) is 4.18. The summed E-state index contributed by atoms with van der Waals surface area (Å²) in [7, 11) is 0. The Morgan fingerprint density at radius 2 is 2.00 bits per heavy atom. The Labute approximate surface area is 126 Å². The van der Waals surface area contributed by atoms with Crippen molar-refractivity contribution < 1.29 is 9.90 Å². The number of amides is 1. The van der Waals surface area contributed by atoms with Gasteiger partial charge in [-0.05, 0) is 25.3 Å². The van der Waals surface area contributed by atoms with E-state index in [1.807, 2.05) is 13.2 Å². The molecule has 0 aliphatic rings. The van der Waals surface area contributed by atoms with E-state index < -0.39 is 0 Å². The molecule has 1 rings (SSSR count). The van der Waals surface area contributed by atoms with Crippen LogP contribution in [0, 0.1) is 0 Å². The van der Waals surface area contributed by atoms with Gasteiger partial charge in [-0.15, -0.1) is 0 Å². The van der Waals surface area contributed by atoms with Gasteiger partial charge in [0, 0.05) is 16.9 Å². The van der Waals surface area contributed by atoms with Gasteiger partial charge in [0.2, 0.25) is 0 Å². The number of thioether (sulfide) groups is 1. The van der Waals surface area contributed by atoms with Gasteiger partial charge in [-0.3, -0.25) is 4.79 Å². The Hall–Kier alpha value is -0.620. The summed E-state index contributed by atoms with van der Waals surface area (Å²) in [5, 5.41) is 12.4. The van der Waals surface area contributed by atoms with E-state index in [9.17, 15) is 9.90 Å². The molecule has 0 aromatic heterocycles. The Morgan fingerprint density at radius 1 is 1.47 bits per heavy atom. The van der Waals surface area contributed by atoms with Crippen LogP contribution in [0.1, 0.15) is 17.3 Å². The van der Waals surface area contributed by atoms with Crippen LogP contribution in [0.2, 0.25) is 10.0 Å². The molecule has 2 unspecified atom stereocenters. The molecular formula is C12H16Cl2N2O2S. The first-order valence-corrected chi connectivity index (χ1v) is 7.64. The van der Waals surface area contributed by atoms with Crippen LogP contribution in [0.3, 0.4) is 0 Å². The van der Waals surface area contributed by atoms with Gasteiger partial charge in [0.25, 0.3) is 5.91 Å². The molecule has 0 aliphatic carbocycles. The number of hydrogen-bond donors (Lipinski definition) is 3. The fraction of sp³-hybridized carbons (Fsp3) is 0.417. The summed E-state index contributed by atoms with van der Waals surface area (Å²) in [6, 6.07) is 2.76. The van der Waals surface area contributed by atoms with Crippen molar-refractivity contribution in [3.8, 4) is 0 Å². The molecule has 0 heterocycles. The van der Waals surface area contributed by atoms with Crippen molar-refractivity contribution in [2.75, 3.05) is 18.6 Å². The number of nitrogens with one attached hydrogen (secondary N) is 1. The van der Waals surface area contributed by atoms with Crippen molar-refractivity contribution in [2.45, 2.75) is 18.2 Å². The molecule has 0 bridgehead atoms. The maximum atomic E-state index is 12.0. The minimum atomic E-state index is -0.302. The molecule has 7 heteroatoms. The van der Waals surface area contributed by atoms with Gasteiger partial charge < -0.3 is 16.2 Å². The van der Waals surface area contributed by atoms with Gasteiger partial charge in [-0.1, -0.05) is 23.2 Å². The van der Waals surface area contributed by atoms with Crippen LogP contribution < -0.4 is 11.1 Å². The molecule has 2 atom stereocenters. The summed E-state index contributed by atoms with van der Waals surface area (Å²) in [5.74, 6) is -0.302. The number of benzene rings is 1. The smallest absolute Gasteiger partial charge is 0.251 e. The summed E-state index contributed by atoms with van der Waals surface area (Å²) in [6.07, 6.45) is 1.88. The van der Waals surface area contributed by atoms with E-state index in [0.29, 0.717) is 5.56 Å². The average molecular weight is 323 g/mol. The van der Waals surface area contributed by atoms with Crippen LogP contribution in [-0.4, -0.2) is 35.2 Å². The third-order valence-electron chi connectivity index (χ3n) is 2.74. The Morgan fingerprint density at radius 3 is 2.42 bits per heavy atom. The maximum Gasteiger partial charge on any atom is 0.251 e. The highest BCUT2D eigenvalue weighted by Gasteiger charge is 2.19. The van der Waals surface area contributed by atoms with Crippen molar-refractivity contribution in [3.05, 3.63) is 27.7 Å². The molecule has 1 amide bonds. The maximum absolute atomic E-state index is 12.0. The van der Waals surface area contributed by atoms with E-state index in [-0.39, 0.29) is 39.5 Å². The first-order chi connectivity index (χ1) is 8.90. The quantitative estimate of drug-likeness (QED) is 0.728. The molecule has 4 nitrogen and oxygen atoms in total. The van der Waals surface area contributed by atoms with Crippen LogP contribution >= 0.6 is 35.0 Å². The molecule has 106 valence electrons. The lowest BCUT2D eigenvalue weighted by molar-refractivity contribution is 0.0936. The van der Waals surface area contributed by atoms with Gasteiger partial charge in [0.15, 0.2) is 0 Å². The zero-order chi connectivity index (χ0) is 14.6. The third-order valence-corrected chi connectivity index (χ3v) is 4.53. The van der Waals surface area contributed by atoms with Crippen LogP contribution in [-0.2, 0) is 0 Å². The zero-order valence-electron chi connectivity index (χ0n) is 10.6. The number of halogens is 2. The number of anilines is 1. The highest BCUT2D eigenvalue weighted by Crippen LogP contribution is 2.28. The van der Waals surface area contributed by atoms with Gasteiger partial charge in [0.05, 0.1) is 22.3 Å². The van der Waals surface area contributed by atoms with Crippen molar-refractivity contribution >= 4 is 46.6 Å². The van der Waals surface area contributed by atoms with E-state index in [1.54, 1.807) is 0 Å². The van der Waals surface area contributed by atoms with Gasteiger partial charge >= 0.3 is 0 Å². The summed E-state index contributed by atoms with van der Waals surface area (Å²) in [6.45, 7) is 1.82. The minimum Gasteiger partial charge on any atom is -0.396 e. The highest BCUT2D eigenvalue weighted by atomic mass is 35.5. The first kappa shape index (κ1) is 16.4. The molecule has 0 saturated heterocycles. The molecule has 1 aromatic rings. The van der Waals surface area contributed by atoms with Crippen molar-refractivity contribution in [1.29, 1.82) is 0 Å². The summed E-state index contributed by atoms with van der Waals surface area (Å²) < 4.78 is 0. The minimum absolute atomic E-state index is 0.00807. The molecule has 0 fully saturated rings. The number of nitrogens with two attached hydrogens (primary N) is 1. The summed E-state index contributed by atoms with van der Waals surface area (Å²) in [5.41, 5.74) is 6.21. The molecule has 4 N–H and O–H groups in total. The number of rotatable bonds is 5. The Bertz CT molecular complexity index is 444. The number of carbonyl (C=O) groups is 1. The first-order valence-electron chi connectivity index (χ1n) is 5.59. The Kier molecular flexibility index (Phi) is 6.26. The van der Waals surface area contributed by atoms with Gasteiger partial charge in [0.1, 0.15) is 0 Å². The van der Waals surface area contributed by atoms with E-state index in [1.165, 1.54) is 23.9 Å². The molecule has 1 aromatic carbocycles. The predicted molar refractivity (Wildman–Crippen MR) is 82.2 cm³/mol. The summed E-state index contributed by atoms with van der Waals surface area (Å²) in [4.78, 5) is 12.0.